The third kappa shape index (κ3) is 2.93. The number of nitrogens with two attached hydrogens (primary N) is 1. The van der Waals surface area contributed by atoms with Gasteiger partial charge in [0.05, 0.1) is 12.0 Å². The van der Waals surface area contributed by atoms with Crippen LogP contribution < -0.4 is 11.1 Å². The molecular weight excluding hydrogens is 240 g/mol. The maximum Gasteiger partial charge on any atom is 0.244 e. The average Bonchev–Trinajstić information content (AvgIpc) is 2.66. The first kappa shape index (κ1) is 13.1. The van der Waals surface area contributed by atoms with Crippen LogP contribution >= 0.6 is 0 Å². The minimum absolute atomic E-state index is 0.0887. The van der Waals surface area contributed by atoms with Crippen molar-refractivity contribution in [2.24, 2.45) is 0 Å². The average molecular weight is 258 g/mol. The number of carbonyl (C=O) groups is 1. The zero-order valence-corrected chi connectivity index (χ0v) is 11.4. The van der Waals surface area contributed by atoms with Gasteiger partial charge in [0.25, 0.3) is 0 Å². The molecule has 3 N–H and O–H groups in total. The van der Waals surface area contributed by atoms with Crippen molar-refractivity contribution >= 4 is 17.3 Å². The predicted molar refractivity (Wildman–Crippen MR) is 75.9 cm³/mol. The lowest BCUT2D eigenvalue weighted by Gasteiger charge is -2.10. The van der Waals surface area contributed by atoms with Crippen molar-refractivity contribution in [2.75, 3.05) is 11.1 Å². The molecule has 0 aliphatic rings. The van der Waals surface area contributed by atoms with Gasteiger partial charge in [0.2, 0.25) is 5.91 Å². The standard InChI is InChI=1S/C14H18N4O/c1-9-4-5-12(15)6-13(9)17-14(19)7-18-8-16-10(2)11(18)3/h4-6,8H,7,15H2,1-3H3,(H,17,19). The van der Waals surface area contributed by atoms with Gasteiger partial charge in [0, 0.05) is 17.1 Å². The Morgan fingerprint density at radius 2 is 2.11 bits per heavy atom. The fourth-order valence-corrected chi connectivity index (χ4v) is 1.82. The van der Waals surface area contributed by atoms with E-state index < -0.39 is 0 Å². The Labute approximate surface area is 112 Å². The lowest BCUT2D eigenvalue weighted by molar-refractivity contribution is -0.116. The molecule has 2 aromatic rings. The fourth-order valence-electron chi connectivity index (χ4n) is 1.82. The van der Waals surface area contributed by atoms with Gasteiger partial charge in [-0.15, -0.1) is 0 Å². The van der Waals surface area contributed by atoms with Crippen LogP contribution in [0.25, 0.3) is 0 Å². The number of carbonyl (C=O) groups excluding carboxylic acids is 1. The van der Waals surface area contributed by atoms with E-state index in [1.54, 1.807) is 12.4 Å². The Bertz CT molecular complexity index is 616. The highest BCUT2D eigenvalue weighted by Crippen LogP contribution is 2.18. The van der Waals surface area contributed by atoms with Crippen LogP contribution in [0, 0.1) is 20.8 Å². The second kappa shape index (κ2) is 5.14. The Hall–Kier alpha value is -2.30. The van der Waals surface area contributed by atoms with E-state index in [1.165, 1.54) is 0 Å². The van der Waals surface area contributed by atoms with E-state index in [9.17, 15) is 4.79 Å². The Morgan fingerprint density at radius 1 is 1.37 bits per heavy atom. The third-order valence-electron chi connectivity index (χ3n) is 3.19. The van der Waals surface area contributed by atoms with E-state index in [4.69, 9.17) is 5.73 Å². The van der Waals surface area contributed by atoms with E-state index in [1.807, 2.05) is 37.5 Å². The van der Waals surface area contributed by atoms with Gasteiger partial charge in [-0.3, -0.25) is 4.79 Å². The minimum Gasteiger partial charge on any atom is -0.399 e. The van der Waals surface area contributed by atoms with Gasteiger partial charge in [-0.1, -0.05) is 6.07 Å². The van der Waals surface area contributed by atoms with Crippen LogP contribution in [0.3, 0.4) is 0 Å². The molecule has 0 radical (unpaired) electrons. The normalized spacial score (nSPS) is 10.5. The molecule has 1 amide bonds. The zero-order valence-electron chi connectivity index (χ0n) is 11.4. The Kier molecular flexibility index (Phi) is 3.55. The van der Waals surface area contributed by atoms with Crippen LogP contribution in [-0.2, 0) is 11.3 Å². The van der Waals surface area contributed by atoms with Crippen LogP contribution in [0.4, 0.5) is 11.4 Å². The number of benzene rings is 1. The molecule has 0 fully saturated rings. The van der Waals surface area contributed by atoms with Gasteiger partial charge >= 0.3 is 0 Å². The van der Waals surface area contributed by atoms with Gasteiger partial charge in [-0.25, -0.2) is 4.98 Å². The van der Waals surface area contributed by atoms with Crippen molar-refractivity contribution in [2.45, 2.75) is 27.3 Å². The summed E-state index contributed by atoms with van der Waals surface area (Å²) in [6.07, 6.45) is 1.68. The predicted octanol–water partition coefficient (Wildman–Crippen LogP) is 2.03. The van der Waals surface area contributed by atoms with Crippen LogP contribution in [0.15, 0.2) is 24.5 Å². The topological polar surface area (TPSA) is 72.9 Å². The monoisotopic (exact) mass is 258 g/mol. The van der Waals surface area contributed by atoms with Gasteiger partial charge < -0.3 is 15.6 Å². The molecule has 100 valence electrons. The number of aromatic nitrogens is 2. The number of aryl methyl sites for hydroxylation is 2. The third-order valence-corrected chi connectivity index (χ3v) is 3.19. The number of hydrogen-bond donors (Lipinski definition) is 2. The van der Waals surface area contributed by atoms with Gasteiger partial charge in [-0.05, 0) is 38.5 Å². The highest BCUT2D eigenvalue weighted by atomic mass is 16.1. The van der Waals surface area contributed by atoms with Crippen molar-refractivity contribution in [1.82, 2.24) is 9.55 Å². The smallest absolute Gasteiger partial charge is 0.244 e. The lowest BCUT2D eigenvalue weighted by atomic mass is 10.2. The highest BCUT2D eigenvalue weighted by Gasteiger charge is 2.09. The van der Waals surface area contributed by atoms with Crippen LogP contribution in [0.1, 0.15) is 17.0 Å². The molecule has 1 aromatic heterocycles. The summed E-state index contributed by atoms with van der Waals surface area (Å²) in [5.74, 6) is -0.0887. The summed E-state index contributed by atoms with van der Waals surface area (Å²) < 4.78 is 1.83. The van der Waals surface area contributed by atoms with Crippen molar-refractivity contribution in [1.29, 1.82) is 0 Å². The number of nitrogens with zero attached hydrogens (tertiary/aromatic N) is 2. The van der Waals surface area contributed by atoms with Gasteiger partial charge in [0.15, 0.2) is 0 Å². The quantitative estimate of drug-likeness (QED) is 0.827. The van der Waals surface area contributed by atoms with Gasteiger partial charge in [0.1, 0.15) is 6.54 Å². The highest BCUT2D eigenvalue weighted by molar-refractivity contribution is 5.91. The molecule has 19 heavy (non-hydrogen) atoms. The molecular formula is C14H18N4O. The summed E-state index contributed by atoms with van der Waals surface area (Å²) in [7, 11) is 0. The van der Waals surface area contributed by atoms with E-state index in [2.05, 4.69) is 10.3 Å². The zero-order chi connectivity index (χ0) is 14.0. The number of nitrogen functional groups attached to an aromatic ring is 1. The number of amides is 1. The summed E-state index contributed by atoms with van der Waals surface area (Å²) in [5, 5.41) is 2.87. The molecule has 0 saturated heterocycles. The van der Waals surface area contributed by atoms with E-state index >= 15 is 0 Å². The van der Waals surface area contributed by atoms with Crippen LogP contribution in [0.2, 0.25) is 0 Å². The molecule has 0 spiro atoms. The molecule has 0 bridgehead atoms. The number of hydrogen-bond acceptors (Lipinski definition) is 3. The number of anilines is 2. The molecule has 0 aliphatic heterocycles. The molecule has 0 unspecified atom stereocenters. The molecule has 0 saturated carbocycles. The van der Waals surface area contributed by atoms with E-state index in [0.717, 1.165) is 22.6 Å². The van der Waals surface area contributed by atoms with Crippen molar-refractivity contribution in [3.8, 4) is 0 Å². The second-order valence-corrected chi connectivity index (χ2v) is 4.67. The maximum absolute atomic E-state index is 12.0. The molecule has 0 atom stereocenters. The summed E-state index contributed by atoms with van der Waals surface area (Å²) in [5.41, 5.74) is 10.0. The van der Waals surface area contributed by atoms with Crippen LogP contribution in [-0.4, -0.2) is 15.5 Å². The minimum atomic E-state index is -0.0887. The van der Waals surface area contributed by atoms with Gasteiger partial charge in [-0.2, -0.15) is 0 Å². The van der Waals surface area contributed by atoms with Crippen molar-refractivity contribution in [3.05, 3.63) is 41.5 Å². The summed E-state index contributed by atoms with van der Waals surface area (Å²) in [6, 6.07) is 5.46. The summed E-state index contributed by atoms with van der Waals surface area (Å²) >= 11 is 0. The SMILES string of the molecule is Cc1ccc(N)cc1NC(=O)Cn1cnc(C)c1C. The maximum atomic E-state index is 12.0. The number of imidazole rings is 1. The second-order valence-electron chi connectivity index (χ2n) is 4.67. The lowest BCUT2D eigenvalue weighted by Crippen LogP contribution is -2.19. The Morgan fingerprint density at radius 3 is 2.74 bits per heavy atom. The molecule has 1 aromatic carbocycles. The first-order valence-corrected chi connectivity index (χ1v) is 6.11. The molecule has 5 nitrogen and oxygen atoms in total. The number of rotatable bonds is 3. The number of nitrogens with one attached hydrogen (secondary N) is 1. The first-order chi connectivity index (χ1) is 8.97. The van der Waals surface area contributed by atoms with E-state index in [-0.39, 0.29) is 12.5 Å². The fraction of sp³-hybridized carbons (Fsp3) is 0.286. The van der Waals surface area contributed by atoms with E-state index in [0.29, 0.717) is 5.69 Å². The molecule has 2 rings (SSSR count). The van der Waals surface area contributed by atoms with Crippen molar-refractivity contribution < 1.29 is 4.79 Å². The molecule has 5 heteroatoms. The molecule has 0 aliphatic carbocycles. The Balaban J connectivity index is 2.09. The molecule has 1 heterocycles. The summed E-state index contributed by atoms with van der Waals surface area (Å²) in [4.78, 5) is 16.2. The van der Waals surface area contributed by atoms with Crippen molar-refractivity contribution in [3.63, 3.8) is 0 Å². The first-order valence-electron chi connectivity index (χ1n) is 6.11. The largest absolute Gasteiger partial charge is 0.399 e. The van der Waals surface area contributed by atoms with Crippen LogP contribution in [0.5, 0.6) is 0 Å². The summed E-state index contributed by atoms with van der Waals surface area (Å²) in [6.45, 7) is 6.05.